The molecule has 0 atom stereocenters. The van der Waals surface area contributed by atoms with Gasteiger partial charge in [-0.15, -0.1) is 16.4 Å². The Morgan fingerprint density at radius 3 is 2.42 bits per heavy atom. The number of nitrogens with zero attached hydrogens (tertiary/aromatic N) is 3. The molecule has 0 unspecified atom stereocenters. The van der Waals surface area contributed by atoms with Gasteiger partial charge in [0.2, 0.25) is 0 Å². The first-order valence-electron chi connectivity index (χ1n) is 7.60. The summed E-state index contributed by atoms with van der Waals surface area (Å²) in [4.78, 5) is 18.0. The molecule has 0 saturated heterocycles. The average molecular weight is 341 g/mol. The summed E-state index contributed by atoms with van der Waals surface area (Å²) in [5.74, 6) is 0.265. The van der Waals surface area contributed by atoms with Gasteiger partial charge in [-0.1, -0.05) is 39.0 Å². The van der Waals surface area contributed by atoms with E-state index in [0.717, 1.165) is 4.88 Å². The SMILES string of the molecule is COc1nc(-c2cccs2)n(C(=O)c2ccc(C(C)(C)C)cc2)n1. The Kier molecular flexibility index (Phi) is 4.24. The van der Waals surface area contributed by atoms with E-state index in [4.69, 9.17) is 4.74 Å². The molecular formula is C18H19N3O2S. The highest BCUT2D eigenvalue weighted by atomic mass is 32.1. The van der Waals surface area contributed by atoms with Gasteiger partial charge in [-0.25, -0.2) is 0 Å². The number of carbonyl (C=O) groups excluding carboxylic acids is 1. The number of carbonyl (C=O) groups is 1. The van der Waals surface area contributed by atoms with Crippen LogP contribution < -0.4 is 4.74 Å². The zero-order valence-electron chi connectivity index (χ0n) is 14.1. The van der Waals surface area contributed by atoms with Crippen LogP contribution in [0, 0.1) is 0 Å². The largest absolute Gasteiger partial charge is 0.466 e. The first-order valence-corrected chi connectivity index (χ1v) is 8.48. The number of methoxy groups -OCH3 is 1. The topological polar surface area (TPSA) is 57.0 Å². The lowest BCUT2D eigenvalue weighted by molar-refractivity contribution is 0.0945. The van der Waals surface area contributed by atoms with Crippen molar-refractivity contribution in [2.75, 3.05) is 7.11 Å². The van der Waals surface area contributed by atoms with Gasteiger partial charge in [0, 0.05) is 5.56 Å². The summed E-state index contributed by atoms with van der Waals surface area (Å²) in [6.07, 6.45) is 0. The third kappa shape index (κ3) is 3.10. The summed E-state index contributed by atoms with van der Waals surface area (Å²) in [7, 11) is 1.49. The molecule has 0 N–H and O–H groups in total. The maximum absolute atomic E-state index is 12.9. The summed E-state index contributed by atoms with van der Waals surface area (Å²) in [6, 6.07) is 11.6. The molecule has 0 radical (unpaired) electrons. The minimum absolute atomic E-state index is 0.0418. The molecule has 6 heteroatoms. The van der Waals surface area contributed by atoms with E-state index in [2.05, 4.69) is 30.9 Å². The molecule has 5 nitrogen and oxygen atoms in total. The standard InChI is InChI=1S/C18H19N3O2S/c1-18(2,3)13-9-7-12(8-10-13)16(22)21-15(14-6-5-11-24-14)19-17(20-21)23-4/h5-11H,1-4H3. The Hall–Kier alpha value is -2.47. The summed E-state index contributed by atoms with van der Waals surface area (Å²) in [5.41, 5.74) is 1.78. The number of thiophene rings is 1. The fourth-order valence-corrected chi connectivity index (χ4v) is 3.02. The smallest absolute Gasteiger partial charge is 0.336 e. The fraction of sp³-hybridized carbons (Fsp3) is 0.278. The van der Waals surface area contributed by atoms with E-state index in [0.29, 0.717) is 11.4 Å². The fourth-order valence-electron chi connectivity index (χ4n) is 2.32. The molecule has 0 saturated carbocycles. The van der Waals surface area contributed by atoms with Crippen LogP contribution in [0.15, 0.2) is 41.8 Å². The molecule has 3 rings (SSSR count). The van der Waals surface area contributed by atoms with Crippen LogP contribution in [0.1, 0.15) is 36.7 Å². The van der Waals surface area contributed by atoms with E-state index in [1.165, 1.54) is 28.7 Å². The number of benzene rings is 1. The van der Waals surface area contributed by atoms with Crippen molar-refractivity contribution in [3.63, 3.8) is 0 Å². The number of hydrogen-bond acceptors (Lipinski definition) is 5. The molecule has 1 aromatic carbocycles. The van der Waals surface area contributed by atoms with Crippen LogP contribution in [0.4, 0.5) is 0 Å². The Morgan fingerprint density at radius 1 is 1.17 bits per heavy atom. The summed E-state index contributed by atoms with van der Waals surface area (Å²) in [5, 5.41) is 6.11. The van der Waals surface area contributed by atoms with Crippen LogP contribution in [0.2, 0.25) is 0 Å². The summed E-state index contributed by atoms with van der Waals surface area (Å²) < 4.78 is 6.40. The van der Waals surface area contributed by atoms with E-state index in [1.54, 1.807) is 0 Å². The predicted octanol–water partition coefficient (Wildman–Crippen LogP) is 4.00. The molecule has 0 aliphatic carbocycles. The Bertz CT molecular complexity index is 844. The second kappa shape index (κ2) is 6.20. The quantitative estimate of drug-likeness (QED) is 0.722. The van der Waals surface area contributed by atoms with Crippen molar-refractivity contribution in [1.82, 2.24) is 14.8 Å². The average Bonchev–Trinajstić information content (AvgIpc) is 3.22. The maximum Gasteiger partial charge on any atom is 0.336 e. The third-order valence-corrected chi connectivity index (χ3v) is 4.57. The van der Waals surface area contributed by atoms with Gasteiger partial charge in [0.25, 0.3) is 5.91 Å². The highest BCUT2D eigenvalue weighted by molar-refractivity contribution is 7.13. The number of aromatic nitrogens is 3. The lowest BCUT2D eigenvalue weighted by atomic mass is 9.87. The van der Waals surface area contributed by atoms with E-state index in [9.17, 15) is 4.79 Å². The normalized spacial score (nSPS) is 11.5. The Balaban J connectivity index is 2.00. The number of hydrogen-bond donors (Lipinski definition) is 0. The zero-order valence-corrected chi connectivity index (χ0v) is 14.9. The van der Waals surface area contributed by atoms with E-state index >= 15 is 0 Å². The molecule has 0 spiro atoms. The maximum atomic E-state index is 12.9. The van der Waals surface area contributed by atoms with Gasteiger partial charge in [-0.2, -0.15) is 9.67 Å². The third-order valence-electron chi connectivity index (χ3n) is 3.70. The summed E-state index contributed by atoms with van der Waals surface area (Å²) >= 11 is 1.50. The molecule has 2 heterocycles. The first kappa shape index (κ1) is 16.4. The molecule has 0 bridgehead atoms. The van der Waals surface area contributed by atoms with Crippen molar-refractivity contribution in [1.29, 1.82) is 0 Å². The lowest BCUT2D eigenvalue weighted by Crippen LogP contribution is -2.16. The minimum atomic E-state index is -0.227. The molecular weight excluding hydrogens is 322 g/mol. The molecule has 0 aliphatic heterocycles. The van der Waals surface area contributed by atoms with Crippen LogP contribution in [0.5, 0.6) is 6.01 Å². The van der Waals surface area contributed by atoms with Crippen molar-refractivity contribution in [2.24, 2.45) is 0 Å². The van der Waals surface area contributed by atoms with E-state index in [1.807, 2.05) is 41.8 Å². The van der Waals surface area contributed by atoms with Crippen molar-refractivity contribution < 1.29 is 9.53 Å². The van der Waals surface area contributed by atoms with Crippen molar-refractivity contribution in [2.45, 2.75) is 26.2 Å². The van der Waals surface area contributed by atoms with Crippen LogP contribution in [-0.4, -0.2) is 27.8 Å². The van der Waals surface area contributed by atoms with Crippen LogP contribution >= 0.6 is 11.3 Å². The van der Waals surface area contributed by atoms with E-state index in [-0.39, 0.29) is 17.3 Å². The number of ether oxygens (including phenoxy) is 1. The number of rotatable bonds is 3. The molecule has 0 aliphatic rings. The molecule has 124 valence electrons. The van der Waals surface area contributed by atoms with Gasteiger partial charge in [0.05, 0.1) is 12.0 Å². The van der Waals surface area contributed by atoms with Gasteiger partial charge >= 0.3 is 6.01 Å². The minimum Gasteiger partial charge on any atom is -0.466 e. The molecule has 24 heavy (non-hydrogen) atoms. The van der Waals surface area contributed by atoms with Crippen molar-refractivity contribution >= 4 is 17.2 Å². The highest BCUT2D eigenvalue weighted by Gasteiger charge is 2.21. The van der Waals surface area contributed by atoms with Gasteiger partial charge in [0.1, 0.15) is 0 Å². The molecule has 2 aromatic heterocycles. The highest BCUT2D eigenvalue weighted by Crippen LogP contribution is 2.26. The lowest BCUT2D eigenvalue weighted by Gasteiger charge is -2.18. The molecule has 0 amide bonds. The van der Waals surface area contributed by atoms with Crippen LogP contribution in [-0.2, 0) is 5.41 Å². The Labute approximate surface area is 144 Å². The van der Waals surface area contributed by atoms with Crippen molar-refractivity contribution in [3.05, 3.63) is 52.9 Å². The van der Waals surface area contributed by atoms with Crippen LogP contribution in [0.3, 0.4) is 0 Å². The molecule has 0 fully saturated rings. The van der Waals surface area contributed by atoms with Gasteiger partial charge in [-0.3, -0.25) is 4.79 Å². The van der Waals surface area contributed by atoms with Gasteiger partial charge in [0.15, 0.2) is 5.82 Å². The van der Waals surface area contributed by atoms with Gasteiger partial charge in [-0.05, 0) is 34.6 Å². The first-order chi connectivity index (χ1) is 11.4. The second-order valence-corrected chi connectivity index (χ2v) is 7.39. The Morgan fingerprint density at radius 2 is 1.88 bits per heavy atom. The predicted molar refractivity (Wildman–Crippen MR) is 94.8 cm³/mol. The van der Waals surface area contributed by atoms with Crippen molar-refractivity contribution in [3.8, 4) is 16.7 Å². The van der Waals surface area contributed by atoms with Crippen LogP contribution in [0.25, 0.3) is 10.7 Å². The summed E-state index contributed by atoms with van der Waals surface area (Å²) in [6.45, 7) is 6.42. The van der Waals surface area contributed by atoms with E-state index < -0.39 is 0 Å². The van der Waals surface area contributed by atoms with Gasteiger partial charge < -0.3 is 4.74 Å². The molecule has 3 aromatic rings. The second-order valence-electron chi connectivity index (χ2n) is 6.44. The zero-order chi connectivity index (χ0) is 17.3. The monoisotopic (exact) mass is 341 g/mol.